The molecule has 0 saturated carbocycles. The molecule has 2 rings (SSSR count). The molecule has 0 aliphatic carbocycles. The normalized spacial score (nSPS) is 10.9. The van der Waals surface area contributed by atoms with Gasteiger partial charge in [0.1, 0.15) is 5.69 Å². The third-order valence-corrected chi connectivity index (χ3v) is 3.37. The first-order valence-electron chi connectivity index (χ1n) is 5.70. The maximum atomic E-state index is 12.3. The second kappa shape index (κ2) is 5.02. The minimum atomic E-state index is -0.0790. The molecule has 5 heteroatoms. The molecule has 0 bridgehead atoms. The number of ketones is 1. The molecule has 1 aromatic heterocycles. The van der Waals surface area contributed by atoms with E-state index in [-0.39, 0.29) is 5.78 Å². The zero-order valence-electron chi connectivity index (χ0n) is 10.5. The summed E-state index contributed by atoms with van der Waals surface area (Å²) < 4.78 is 1.95. The van der Waals surface area contributed by atoms with Crippen LogP contribution in [0.15, 0.2) is 28.9 Å². The maximum absolute atomic E-state index is 12.3. The van der Waals surface area contributed by atoms with Crippen molar-refractivity contribution in [2.75, 3.05) is 0 Å². The number of carbonyl (C=O) groups excluding carboxylic acids is 1. The monoisotopic (exact) mass is 307 g/mol. The van der Waals surface area contributed by atoms with E-state index in [1.54, 1.807) is 7.05 Å². The summed E-state index contributed by atoms with van der Waals surface area (Å²) >= 11 is 3.24. The summed E-state index contributed by atoms with van der Waals surface area (Å²) in [6.45, 7) is 4.25. The Kier molecular flexibility index (Phi) is 3.61. The van der Waals surface area contributed by atoms with Crippen molar-refractivity contribution in [3.05, 3.63) is 45.7 Å². The van der Waals surface area contributed by atoms with Crippen molar-refractivity contribution < 1.29 is 4.79 Å². The highest BCUT2D eigenvalue weighted by molar-refractivity contribution is 9.10. The van der Waals surface area contributed by atoms with E-state index in [2.05, 4.69) is 40.1 Å². The van der Waals surface area contributed by atoms with E-state index in [9.17, 15) is 4.79 Å². The van der Waals surface area contributed by atoms with Gasteiger partial charge in [0.05, 0.1) is 0 Å². The van der Waals surface area contributed by atoms with E-state index in [0.29, 0.717) is 21.8 Å². The van der Waals surface area contributed by atoms with Crippen molar-refractivity contribution in [2.24, 2.45) is 7.05 Å². The van der Waals surface area contributed by atoms with Crippen LogP contribution in [0.25, 0.3) is 0 Å². The molecule has 0 aliphatic heterocycles. The first-order chi connectivity index (χ1) is 8.50. The van der Waals surface area contributed by atoms with Gasteiger partial charge in [-0.1, -0.05) is 43.3 Å². The summed E-state index contributed by atoms with van der Waals surface area (Å²) in [7, 11) is 1.70. The van der Waals surface area contributed by atoms with Gasteiger partial charge in [0.25, 0.3) is 0 Å². The molecular formula is C13H14BrN3O. The van der Waals surface area contributed by atoms with Gasteiger partial charge in [-0.2, -0.15) is 0 Å². The smallest absolute Gasteiger partial charge is 0.213 e. The Morgan fingerprint density at radius 1 is 1.28 bits per heavy atom. The number of nitrogens with zero attached hydrogens (tertiary/aromatic N) is 3. The van der Waals surface area contributed by atoms with Crippen LogP contribution in [0.4, 0.5) is 0 Å². The van der Waals surface area contributed by atoms with E-state index in [4.69, 9.17) is 0 Å². The molecule has 0 amide bonds. The summed E-state index contributed by atoms with van der Waals surface area (Å²) in [5.41, 5.74) is 2.33. The fraction of sp³-hybridized carbons (Fsp3) is 0.308. The molecule has 94 valence electrons. The molecule has 2 aromatic rings. The van der Waals surface area contributed by atoms with Gasteiger partial charge in [0, 0.05) is 12.6 Å². The molecule has 0 saturated heterocycles. The van der Waals surface area contributed by atoms with Crippen LogP contribution in [-0.4, -0.2) is 20.8 Å². The molecule has 1 aromatic carbocycles. The summed E-state index contributed by atoms with van der Waals surface area (Å²) in [6.07, 6.45) is 0. The molecule has 0 N–H and O–H groups in total. The molecule has 0 atom stereocenters. The molecule has 0 radical (unpaired) electrons. The average Bonchev–Trinajstić information content (AvgIpc) is 2.68. The average molecular weight is 308 g/mol. The van der Waals surface area contributed by atoms with Crippen molar-refractivity contribution in [3.8, 4) is 0 Å². The first kappa shape index (κ1) is 13.0. The molecule has 0 fully saturated rings. The molecule has 4 nitrogen and oxygen atoms in total. The van der Waals surface area contributed by atoms with Gasteiger partial charge in [-0.15, -0.1) is 5.10 Å². The Balaban J connectivity index is 2.35. The number of aromatic nitrogens is 3. The lowest BCUT2D eigenvalue weighted by molar-refractivity contribution is 0.102. The number of hydrogen-bond donors (Lipinski definition) is 0. The Bertz CT molecular complexity index is 553. The minimum absolute atomic E-state index is 0.0790. The van der Waals surface area contributed by atoms with Crippen LogP contribution >= 0.6 is 15.9 Å². The quantitative estimate of drug-likeness (QED) is 0.819. The Morgan fingerprint density at radius 2 is 1.89 bits per heavy atom. The summed E-state index contributed by atoms with van der Waals surface area (Å²) in [6, 6.07) is 7.65. The van der Waals surface area contributed by atoms with Crippen molar-refractivity contribution >= 4 is 21.7 Å². The third kappa shape index (κ3) is 2.36. The Labute approximate surface area is 114 Å². The highest BCUT2D eigenvalue weighted by Gasteiger charge is 2.18. The number of rotatable bonds is 3. The van der Waals surface area contributed by atoms with E-state index in [0.717, 1.165) is 0 Å². The highest BCUT2D eigenvalue weighted by atomic mass is 79.9. The summed E-state index contributed by atoms with van der Waals surface area (Å²) in [4.78, 5) is 12.3. The lowest BCUT2D eigenvalue weighted by Gasteiger charge is -2.06. The zero-order chi connectivity index (χ0) is 13.3. The van der Waals surface area contributed by atoms with Crippen LogP contribution in [0.1, 0.15) is 41.4 Å². The molecular weight excluding hydrogens is 294 g/mol. The Morgan fingerprint density at radius 3 is 2.33 bits per heavy atom. The maximum Gasteiger partial charge on any atom is 0.213 e. The van der Waals surface area contributed by atoms with Crippen LogP contribution in [-0.2, 0) is 7.05 Å². The summed E-state index contributed by atoms with van der Waals surface area (Å²) in [5, 5.41) is 7.62. The van der Waals surface area contributed by atoms with Crippen LogP contribution in [0.2, 0.25) is 0 Å². The van der Waals surface area contributed by atoms with Crippen molar-refractivity contribution in [1.82, 2.24) is 15.0 Å². The van der Waals surface area contributed by atoms with E-state index in [1.165, 1.54) is 10.2 Å². The topological polar surface area (TPSA) is 47.8 Å². The fourth-order valence-electron chi connectivity index (χ4n) is 1.73. The van der Waals surface area contributed by atoms with E-state index in [1.807, 2.05) is 24.3 Å². The van der Waals surface area contributed by atoms with Crippen molar-refractivity contribution in [1.29, 1.82) is 0 Å². The molecule has 1 heterocycles. The molecule has 0 aliphatic rings. The third-order valence-electron chi connectivity index (χ3n) is 2.84. The van der Waals surface area contributed by atoms with Gasteiger partial charge in [-0.3, -0.25) is 4.79 Å². The Hall–Kier alpha value is -1.49. The number of hydrogen-bond acceptors (Lipinski definition) is 3. The fourth-order valence-corrected chi connectivity index (χ4v) is 2.24. The SMILES string of the molecule is CC(C)c1ccc(C(=O)c2c(Br)nnn2C)cc1. The van der Waals surface area contributed by atoms with Crippen LogP contribution in [0.3, 0.4) is 0 Å². The van der Waals surface area contributed by atoms with E-state index < -0.39 is 0 Å². The highest BCUT2D eigenvalue weighted by Crippen LogP contribution is 2.19. The molecule has 0 spiro atoms. The predicted octanol–water partition coefficient (Wildman–Crippen LogP) is 2.93. The zero-order valence-corrected chi connectivity index (χ0v) is 12.1. The minimum Gasteiger partial charge on any atom is -0.287 e. The van der Waals surface area contributed by atoms with Gasteiger partial charge in [0.15, 0.2) is 4.60 Å². The molecule has 18 heavy (non-hydrogen) atoms. The lowest BCUT2D eigenvalue weighted by Crippen LogP contribution is -2.09. The van der Waals surface area contributed by atoms with Gasteiger partial charge in [-0.05, 0) is 27.4 Å². The van der Waals surface area contributed by atoms with Crippen molar-refractivity contribution in [3.63, 3.8) is 0 Å². The first-order valence-corrected chi connectivity index (χ1v) is 6.50. The van der Waals surface area contributed by atoms with Crippen LogP contribution in [0.5, 0.6) is 0 Å². The van der Waals surface area contributed by atoms with Crippen molar-refractivity contribution in [2.45, 2.75) is 19.8 Å². The van der Waals surface area contributed by atoms with Crippen LogP contribution in [0, 0.1) is 0 Å². The van der Waals surface area contributed by atoms with Gasteiger partial charge >= 0.3 is 0 Å². The van der Waals surface area contributed by atoms with Crippen LogP contribution < -0.4 is 0 Å². The largest absolute Gasteiger partial charge is 0.287 e. The molecule has 0 unspecified atom stereocenters. The van der Waals surface area contributed by atoms with E-state index >= 15 is 0 Å². The van der Waals surface area contributed by atoms with Gasteiger partial charge < -0.3 is 0 Å². The predicted molar refractivity (Wildman–Crippen MR) is 72.7 cm³/mol. The number of halogens is 1. The number of benzene rings is 1. The second-order valence-electron chi connectivity index (χ2n) is 4.46. The second-order valence-corrected chi connectivity index (χ2v) is 5.21. The number of carbonyl (C=O) groups is 1. The standard InChI is InChI=1S/C13H14BrN3O/c1-8(2)9-4-6-10(7-5-9)12(18)11-13(14)15-16-17(11)3/h4-8H,1-3H3. The number of aryl methyl sites for hydroxylation is 1. The van der Waals surface area contributed by atoms with Gasteiger partial charge in [-0.25, -0.2) is 4.68 Å². The summed E-state index contributed by atoms with van der Waals surface area (Å²) in [5.74, 6) is 0.379. The lowest BCUT2D eigenvalue weighted by atomic mass is 10.00. The van der Waals surface area contributed by atoms with Gasteiger partial charge in [0.2, 0.25) is 5.78 Å².